The van der Waals surface area contributed by atoms with Crippen LogP contribution in [0.2, 0.25) is 0 Å². The van der Waals surface area contributed by atoms with E-state index < -0.39 is 23.1 Å². The zero-order valence-electron chi connectivity index (χ0n) is 21.0. The van der Waals surface area contributed by atoms with Gasteiger partial charge in [0.15, 0.2) is 22.7 Å². The predicted molar refractivity (Wildman–Crippen MR) is 141 cm³/mol. The molecule has 6 rings (SSSR count). The van der Waals surface area contributed by atoms with Crippen molar-refractivity contribution in [2.24, 2.45) is 0 Å². The van der Waals surface area contributed by atoms with Gasteiger partial charge in [-0.05, 0) is 61.7 Å². The highest BCUT2D eigenvalue weighted by Crippen LogP contribution is 2.31. The van der Waals surface area contributed by atoms with Gasteiger partial charge in [-0.15, -0.1) is 0 Å². The molecule has 2 aromatic carbocycles. The molecule has 0 saturated carbocycles. The molecule has 10 nitrogen and oxygen atoms in total. The SMILES string of the molecule is O=C(Nc1ccc(Oc2ncnc3c2ncn3C2CCCCO2)c(F)c1)c1cccn(-c2cccc(F)c2)c1=O. The van der Waals surface area contributed by atoms with Crippen molar-refractivity contribution in [3.63, 3.8) is 0 Å². The summed E-state index contributed by atoms with van der Waals surface area (Å²) in [6.07, 6.45) is 7.00. The quantitative estimate of drug-likeness (QED) is 0.320. The molecular formula is C28H22F2N6O4. The van der Waals surface area contributed by atoms with Crippen molar-refractivity contribution in [3.8, 4) is 17.3 Å². The lowest BCUT2D eigenvalue weighted by Gasteiger charge is -2.23. The number of benzene rings is 2. The van der Waals surface area contributed by atoms with Gasteiger partial charge in [-0.2, -0.15) is 4.98 Å². The summed E-state index contributed by atoms with van der Waals surface area (Å²) in [5, 5.41) is 2.51. The number of rotatable bonds is 6. The highest BCUT2D eigenvalue weighted by atomic mass is 19.1. The maximum atomic E-state index is 15.0. The van der Waals surface area contributed by atoms with E-state index in [0.717, 1.165) is 29.9 Å². The topological polar surface area (TPSA) is 113 Å². The van der Waals surface area contributed by atoms with Crippen molar-refractivity contribution in [3.05, 3.63) is 101 Å². The van der Waals surface area contributed by atoms with Crippen molar-refractivity contribution in [1.29, 1.82) is 0 Å². The van der Waals surface area contributed by atoms with Crippen molar-refractivity contribution in [2.75, 3.05) is 11.9 Å². The highest BCUT2D eigenvalue weighted by Gasteiger charge is 2.21. The monoisotopic (exact) mass is 544 g/mol. The first-order valence-corrected chi connectivity index (χ1v) is 12.5. The number of hydrogen-bond acceptors (Lipinski definition) is 7. The van der Waals surface area contributed by atoms with Gasteiger partial charge in [0.2, 0.25) is 0 Å². The van der Waals surface area contributed by atoms with Gasteiger partial charge in [-0.25, -0.2) is 18.7 Å². The third kappa shape index (κ3) is 4.92. The first-order chi connectivity index (χ1) is 19.5. The number of pyridine rings is 1. The van der Waals surface area contributed by atoms with Crippen LogP contribution in [-0.4, -0.2) is 36.6 Å². The number of imidazole rings is 1. The third-order valence-electron chi connectivity index (χ3n) is 6.47. The van der Waals surface area contributed by atoms with Crippen LogP contribution in [0.1, 0.15) is 35.8 Å². The number of fused-ring (bicyclic) bond motifs is 1. The van der Waals surface area contributed by atoms with Crippen LogP contribution in [-0.2, 0) is 4.74 Å². The van der Waals surface area contributed by atoms with E-state index in [1.807, 2.05) is 4.57 Å². The minimum absolute atomic E-state index is 0.0671. The summed E-state index contributed by atoms with van der Waals surface area (Å²) in [5.41, 5.74) is 0.370. The Hall–Kier alpha value is -4.97. The summed E-state index contributed by atoms with van der Waals surface area (Å²) in [5.74, 6) is -2.12. The van der Waals surface area contributed by atoms with E-state index >= 15 is 4.39 Å². The second-order valence-corrected chi connectivity index (χ2v) is 9.10. The standard InChI is InChI=1S/C28H22F2N6O4/c29-17-5-3-6-19(13-17)35-11-4-7-20(28(35)38)26(37)34-18-9-10-22(21(30)14-18)40-27-24-25(31-15-32-27)36(16-33-24)23-8-1-2-12-39-23/h3-7,9-11,13-16,23H,1-2,8,12H2,(H,34,37). The predicted octanol–water partition coefficient (Wildman–Crippen LogP) is 5.00. The molecule has 0 radical (unpaired) electrons. The summed E-state index contributed by atoms with van der Waals surface area (Å²) in [6, 6.07) is 12.1. The van der Waals surface area contributed by atoms with E-state index in [1.165, 1.54) is 55.0 Å². The van der Waals surface area contributed by atoms with Crippen LogP contribution in [0.25, 0.3) is 16.9 Å². The Bertz CT molecular complexity index is 1780. The first kappa shape index (κ1) is 25.3. The lowest BCUT2D eigenvalue weighted by atomic mass is 10.2. The summed E-state index contributed by atoms with van der Waals surface area (Å²) in [6.45, 7) is 0.653. The average molecular weight is 545 g/mol. The molecule has 1 saturated heterocycles. The fourth-order valence-electron chi connectivity index (χ4n) is 4.52. The molecule has 3 aromatic heterocycles. The summed E-state index contributed by atoms with van der Waals surface area (Å²) >= 11 is 0. The minimum Gasteiger partial charge on any atom is -0.434 e. The molecule has 40 heavy (non-hydrogen) atoms. The normalized spacial score (nSPS) is 15.2. The number of nitrogens with zero attached hydrogens (tertiary/aromatic N) is 5. The molecule has 202 valence electrons. The number of carbonyl (C=O) groups excluding carboxylic acids is 1. The van der Waals surface area contributed by atoms with Gasteiger partial charge in [0.05, 0.1) is 12.0 Å². The first-order valence-electron chi connectivity index (χ1n) is 12.5. The molecule has 5 aromatic rings. The van der Waals surface area contributed by atoms with Gasteiger partial charge < -0.3 is 14.8 Å². The van der Waals surface area contributed by atoms with Crippen LogP contribution in [0.3, 0.4) is 0 Å². The fraction of sp³-hybridized carbons (Fsp3) is 0.179. The van der Waals surface area contributed by atoms with Gasteiger partial charge in [-0.3, -0.25) is 18.7 Å². The number of amides is 1. The van der Waals surface area contributed by atoms with Crippen molar-refractivity contribution in [1.82, 2.24) is 24.1 Å². The van der Waals surface area contributed by atoms with E-state index in [2.05, 4.69) is 20.3 Å². The maximum Gasteiger partial charge on any atom is 0.267 e. The number of halogens is 2. The van der Waals surface area contributed by atoms with E-state index in [0.29, 0.717) is 17.8 Å². The molecule has 1 atom stereocenters. The van der Waals surface area contributed by atoms with Crippen LogP contribution in [0.4, 0.5) is 14.5 Å². The molecule has 1 fully saturated rings. The molecular weight excluding hydrogens is 522 g/mol. The van der Waals surface area contributed by atoms with Gasteiger partial charge in [0.25, 0.3) is 17.3 Å². The molecule has 1 unspecified atom stereocenters. The molecule has 12 heteroatoms. The maximum absolute atomic E-state index is 15.0. The van der Waals surface area contributed by atoms with E-state index in [9.17, 15) is 14.0 Å². The van der Waals surface area contributed by atoms with Crippen molar-refractivity contribution in [2.45, 2.75) is 25.5 Å². The van der Waals surface area contributed by atoms with E-state index in [-0.39, 0.29) is 34.8 Å². The molecule has 1 N–H and O–H groups in total. The lowest BCUT2D eigenvalue weighted by Crippen LogP contribution is -2.27. The molecule has 1 amide bonds. The van der Waals surface area contributed by atoms with Crippen molar-refractivity contribution < 1.29 is 23.0 Å². The van der Waals surface area contributed by atoms with Gasteiger partial charge in [0.1, 0.15) is 23.9 Å². The Kier molecular flexibility index (Phi) is 6.74. The number of anilines is 1. The van der Waals surface area contributed by atoms with Crippen LogP contribution in [0, 0.1) is 11.6 Å². The molecule has 1 aliphatic heterocycles. The largest absolute Gasteiger partial charge is 0.434 e. The van der Waals surface area contributed by atoms with Crippen LogP contribution in [0.5, 0.6) is 11.6 Å². The van der Waals surface area contributed by atoms with E-state index in [1.54, 1.807) is 12.4 Å². The number of ether oxygens (including phenoxy) is 2. The highest BCUT2D eigenvalue weighted by molar-refractivity contribution is 6.04. The second kappa shape index (κ2) is 10.7. The Balaban J connectivity index is 1.21. The number of nitrogens with one attached hydrogen (secondary N) is 1. The third-order valence-corrected chi connectivity index (χ3v) is 6.47. The Morgan fingerprint density at radius 1 is 1.05 bits per heavy atom. The Morgan fingerprint density at radius 2 is 1.95 bits per heavy atom. The number of hydrogen-bond donors (Lipinski definition) is 1. The molecule has 0 spiro atoms. The molecule has 0 aliphatic carbocycles. The van der Waals surface area contributed by atoms with Crippen LogP contribution < -0.4 is 15.6 Å². The number of carbonyl (C=O) groups is 1. The second-order valence-electron chi connectivity index (χ2n) is 9.10. The zero-order valence-corrected chi connectivity index (χ0v) is 21.0. The lowest BCUT2D eigenvalue weighted by molar-refractivity contribution is -0.0298. The fourth-order valence-corrected chi connectivity index (χ4v) is 4.52. The summed E-state index contributed by atoms with van der Waals surface area (Å²) in [7, 11) is 0. The molecule has 1 aliphatic rings. The van der Waals surface area contributed by atoms with Gasteiger partial charge >= 0.3 is 0 Å². The zero-order chi connectivity index (χ0) is 27.6. The van der Waals surface area contributed by atoms with Crippen LogP contribution >= 0.6 is 0 Å². The molecule has 4 heterocycles. The van der Waals surface area contributed by atoms with Gasteiger partial charge in [0, 0.05) is 24.6 Å². The molecule has 0 bridgehead atoms. The smallest absolute Gasteiger partial charge is 0.267 e. The summed E-state index contributed by atoms with van der Waals surface area (Å²) < 4.78 is 43.2. The van der Waals surface area contributed by atoms with Crippen molar-refractivity contribution >= 4 is 22.8 Å². The Morgan fingerprint density at radius 3 is 2.75 bits per heavy atom. The number of aromatic nitrogens is 5. The van der Waals surface area contributed by atoms with Gasteiger partial charge in [-0.1, -0.05) is 6.07 Å². The van der Waals surface area contributed by atoms with E-state index in [4.69, 9.17) is 9.47 Å². The average Bonchev–Trinajstić information content (AvgIpc) is 3.40. The Labute approximate surface area is 225 Å². The summed E-state index contributed by atoms with van der Waals surface area (Å²) in [4.78, 5) is 38.5. The minimum atomic E-state index is -0.773. The van der Waals surface area contributed by atoms with Crippen LogP contribution in [0.15, 0.2) is 78.2 Å².